The summed E-state index contributed by atoms with van der Waals surface area (Å²) in [6.45, 7) is 3.47. The molecule has 0 unspecified atom stereocenters. The Bertz CT molecular complexity index is 322. The van der Waals surface area contributed by atoms with E-state index in [-0.39, 0.29) is 5.78 Å². The normalized spacial score (nSPS) is 11.7. The van der Waals surface area contributed by atoms with Crippen LogP contribution in [0, 0.1) is 0 Å². The van der Waals surface area contributed by atoms with Crippen LogP contribution >= 0.6 is 0 Å². The van der Waals surface area contributed by atoms with Crippen LogP contribution in [0.25, 0.3) is 0 Å². The molecule has 0 bridgehead atoms. The molecule has 0 aliphatic carbocycles. The molecule has 4 heteroatoms. The van der Waals surface area contributed by atoms with Crippen molar-refractivity contribution in [1.82, 2.24) is 9.78 Å². The third-order valence-electron chi connectivity index (χ3n) is 2.25. The average molecular weight is 195 g/mol. The molecule has 0 aromatic carbocycles. The molecule has 0 atom stereocenters. The molecule has 0 saturated carbocycles. The van der Waals surface area contributed by atoms with E-state index in [0.717, 1.165) is 5.69 Å². The molecule has 1 aromatic heterocycles. The minimum Gasteiger partial charge on any atom is -0.319 e. The van der Waals surface area contributed by atoms with Crippen LogP contribution in [-0.2, 0) is 18.3 Å². The Balaban J connectivity index is 2.50. The number of Topliss-reactive ketones (excluding diaryl/α,β-unsaturated/α-hetero) is 1. The molecule has 0 saturated heterocycles. The Labute approximate surface area is 84.1 Å². The Morgan fingerprint density at radius 2 is 2.29 bits per heavy atom. The van der Waals surface area contributed by atoms with Gasteiger partial charge in [0.25, 0.3) is 0 Å². The van der Waals surface area contributed by atoms with Gasteiger partial charge < -0.3 is 5.73 Å². The lowest BCUT2D eigenvalue weighted by atomic mass is 9.96. The molecule has 1 rings (SSSR count). The zero-order chi connectivity index (χ0) is 10.8. The third kappa shape index (κ3) is 2.67. The van der Waals surface area contributed by atoms with Crippen molar-refractivity contribution in [3.63, 3.8) is 0 Å². The van der Waals surface area contributed by atoms with Crippen molar-refractivity contribution in [2.24, 2.45) is 12.8 Å². The van der Waals surface area contributed by atoms with Crippen LogP contribution in [0.1, 0.15) is 26.0 Å². The van der Waals surface area contributed by atoms with Crippen molar-refractivity contribution in [3.05, 3.63) is 18.0 Å². The summed E-state index contributed by atoms with van der Waals surface area (Å²) in [6.07, 6.45) is 2.91. The van der Waals surface area contributed by atoms with Gasteiger partial charge in [-0.25, -0.2) is 0 Å². The summed E-state index contributed by atoms with van der Waals surface area (Å²) in [6, 6.07) is 1.91. The summed E-state index contributed by atoms with van der Waals surface area (Å²) in [5, 5.41) is 4.03. The molecule has 0 fully saturated rings. The Morgan fingerprint density at radius 1 is 1.64 bits per heavy atom. The van der Waals surface area contributed by atoms with Crippen LogP contribution in [-0.4, -0.2) is 21.1 Å². The smallest absolute Gasteiger partial charge is 0.152 e. The summed E-state index contributed by atoms with van der Waals surface area (Å²) >= 11 is 0. The van der Waals surface area contributed by atoms with E-state index in [4.69, 9.17) is 5.73 Å². The van der Waals surface area contributed by atoms with Crippen LogP contribution in [0.15, 0.2) is 12.3 Å². The lowest BCUT2D eigenvalue weighted by molar-refractivity contribution is -0.123. The van der Waals surface area contributed by atoms with Gasteiger partial charge in [-0.1, -0.05) is 0 Å². The first kappa shape index (κ1) is 10.9. The van der Waals surface area contributed by atoms with E-state index < -0.39 is 5.54 Å². The van der Waals surface area contributed by atoms with Gasteiger partial charge in [0.2, 0.25) is 0 Å². The highest BCUT2D eigenvalue weighted by molar-refractivity contribution is 5.87. The second-order valence-electron chi connectivity index (χ2n) is 4.09. The molecule has 0 amide bonds. The van der Waals surface area contributed by atoms with E-state index in [2.05, 4.69) is 5.10 Å². The second-order valence-corrected chi connectivity index (χ2v) is 4.09. The van der Waals surface area contributed by atoms with Crippen molar-refractivity contribution in [2.75, 3.05) is 0 Å². The van der Waals surface area contributed by atoms with E-state index in [0.29, 0.717) is 12.8 Å². The Kier molecular flexibility index (Phi) is 3.06. The highest BCUT2D eigenvalue weighted by Gasteiger charge is 2.21. The number of nitrogens with two attached hydrogens (primary N) is 1. The topological polar surface area (TPSA) is 60.9 Å². The third-order valence-corrected chi connectivity index (χ3v) is 2.25. The van der Waals surface area contributed by atoms with Crippen molar-refractivity contribution in [3.8, 4) is 0 Å². The molecule has 2 N–H and O–H groups in total. The number of ketones is 1. The van der Waals surface area contributed by atoms with Gasteiger partial charge in [-0.15, -0.1) is 0 Å². The molecule has 0 aliphatic rings. The first-order chi connectivity index (χ1) is 6.41. The summed E-state index contributed by atoms with van der Waals surface area (Å²) < 4.78 is 1.77. The predicted molar refractivity (Wildman–Crippen MR) is 54.8 cm³/mol. The minimum atomic E-state index is -0.724. The molecule has 0 spiro atoms. The number of hydrogen-bond donors (Lipinski definition) is 1. The monoisotopic (exact) mass is 195 g/mol. The SMILES string of the molecule is Cn1nccc1CCC(=O)C(C)(C)N. The molecule has 0 aliphatic heterocycles. The van der Waals surface area contributed by atoms with Gasteiger partial charge >= 0.3 is 0 Å². The quantitative estimate of drug-likeness (QED) is 0.767. The molecule has 0 radical (unpaired) electrons. The fraction of sp³-hybridized carbons (Fsp3) is 0.600. The fourth-order valence-corrected chi connectivity index (χ4v) is 1.21. The number of aryl methyl sites for hydroxylation is 2. The van der Waals surface area contributed by atoms with Crippen LogP contribution in [0.5, 0.6) is 0 Å². The number of carbonyl (C=O) groups excluding carboxylic acids is 1. The van der Waals surface area contributed by atoms with Gasteiger partial charge in [0, 0.05) is 25.4 Å². The van der Waals surface area contributed by atoms with Gasteiger partial charge in [-0.2, -0.15) is 5.10 Å². The average Bonchev–Trinajstić information content (AvgIpc) is 2.45. The van der Waals surface area contributed by atoms with Gasteiger partial charge in [-0.3, -0.25) is 9.48 Å². The molecule has 78 valence electrons. The van der Waals surface area contributed by atoms with Crippen molar-refractivity contribution >= 4 is 5.78 Å². The number of carbonyl (C=O) groups is 1. The number of nitrogens with zero attached hydrogens (tertiary/aromatic N) is 2. The minimum absolute atomic E-state index is 0.0821. The zero-order valence-corrected chi connectivity index (χ0v) is 8.95. The lowest BCUT2D eigenvalue weighted by Gasteiger charge is -2.16. The van der Waals surface area contributed by atoms with Crippen LogP contribution in [0.4, 0.5) is 0 Å². The van der Waals surface area contributed by atoms with Gasteiger partial charge in [0.15, 0.2) is 5.78 Å². The Hall–Kier alpha value is -1.16. The molecule has 14 heavy (non-hydrogen) atoms. The van der Waals surface area contributed by atoms with Gasteiger partial charge in [0.05, 0.1) is 5.54 Å². The summed E-state index contributed by atoms with van der Waals surface area (Å²) in [5.74, 6) is 0.0821. The number of hydrogen-bond acceptors (Lipinski definition) is 3. The largest absolute Gasteiger partial charge is 0.319 e. The summed E-state index contributed by atoms with van der Waals surface area (Å²) in [7, 11) is 1.87. The highest BCUT2D eigenvalue weighted by Crippen LogP contribution is 2.07. The van der Waals surface area contributed by atoms with Crippen molar-refractivity contribution in [1.29, 1.82) is 0 Å². The van der Waals surface area contributed by atoms with Gasteiger partial charge in [0.1, 0.15) is 0 Å². The summed E-state index contributed by atoms with van der Waals surface area (Å²) in [4.78, 5) is 11.5. The lowest BCUT2D eigenvalue weighted by Crippen LogP contribution is -2.41. The number of aromatic nitrogens is 2. The van der Waals surface area contributed by atoms with E-state index in [9.17, 15) is 4.79 Å². The van der Waals surface area contributed by atoms with Crippen LogP contribution < -0.4 is 5.73 Å². The molecular weight excluding hydrogens is 178 g/mol. The molecule has 1 heterocycles. The van der Waals surface area contributed by atoms with Crippen LogP contribution in [0.3, 0.4) is 0 Å². The van der Waals surface area contributed by atoms with E-state index >= 15 is 0 Å². The molecule has 4 nitrogen and oxygen atoms in total. The predicted octanol–water partition coefficient (Wildman–Crippen LogP) is 0.659. The van der Waals surface area contributed by atoms with E-state index in [1.807, 2.05) is 13.1 Å². The van der Waals surface area contributed by atoms with Crippen LogP contribution in [0.2, 0.25) is 0 Å². The number of rotatable bonds is 4. The van der Waals surface area contributed by atoms with Crippen molar-refractivity contribution in [2.45, 2.75) is 32.2 Å². The maximum absolute atomic E-state index is 11.5. The maximum atomic E-state index is 11.5. The first-order valence-electron chi connectivity index (χ1n) is 4.70. The van der Waals surface area contributed by atoms with E-state index in [1.54, 1.807) is 24.7 Å². The standard InChI is InChI=1S/C10H17N3O/c1-10(2,11)9(14)5-4-8-6-7-12-13(8)3/h6-7H,4-5,11H2,1-3H3. The fourth-order valence-electron chi connectivity index (χ4n) is 1.21. The Morgan fingerprint density at radius 3 is 2.71 bits per heavy atom. The van der Waals surface area contributed by atoms with E-state index in [1.165, 1.54) is 0 Å². The molecular formula is C10H17N3O. The molecule has 1 aromatic rings. The van der Waals surface area contributed by atoms with Crippen molar-refractivity contribution < 1.29 is 4.79 Å². The zero-order valence-electron chi connectivity index (χ0n) is 8.95. The second kappa shape index (κ2) is 3.92. The summed E-state index contributed by atoms with van der Waals surface area (Å²) in [5.41, 5.74) is 6.02. The highest BCUT2D eigenvalue weighted by atomic mass is 16.1. The van der Waals surface area contributed by atoms with Gasteiger partial charge in [-0.05, 0) is 26.3 Å². The maximum Gasteiger partial charge on any atom is 0.152 e. The first-order valence-corrected chi connectivity index (χ1v) is 4.70.